The maximum absolute atomic E-state index is 10.6. The van der Waals surface area contributed by atoms with Crippen LogP contribution < -0.4 is 0 Å². The minimum absolute atomic E-state index is 0.379. The van der Waals surface area contributed by atoms with Crippen LogP contribution in [0.4, 0.5) is 0 Å². The summed E-state index contributed by atoms with van der Waals surface area (Å²) in [7, 11) is 0. The molecule has 0 bridgehead atoms. The van der Waals surface area contributed by atoms with Crippen molar-refractivity contribution in [2.24, 2.45) is 0 Å². The van der Waals surface area contributed by atoms with Gasteiger partial charge in [0, 0.05) is 0 Å². The molecule has 0 aliphatic rings. The van der Waals surface area contributed by atoms with Crippen LogP contribution in [0.3, 0.4) is 0 Å². The van der Waals surface area contributed by atoms with Gasteiger partial charge in [0.15, 0.2) is 0 Å². The molecule has 0 N–H and O–H groups in total. The van der Waals surface area contributed by atoms with E-state index in [-0.39, 0.29) is 0 Å². The minimum atomic E-state index is -2.79. The molecule has 0 heterocycles. The van der Waals surface area contributed by atoms with E-state index < -0.39 is 5.85 Å². The second-order valence-corrected chi connectivity index (χ2v) is 8.39. The predicted molar refractivity (Wildman–Crippen MR) is 46.9 cm³/mol. The standard InChI is InChI=1S/C4H9Cl2OPS/c1-2-3-9-4-8(5,6)7/h2-4H2,1H3. The van der Waals surface area contributed by atoms with Gasteiger partial charge in [0.1, 0.15) is 0 Å². The molecule has 0 fully saturated rings. The summed E-state index contributed by atoms with van der Waals surface area (Å²) >= 11 is 12.1. The highest BCUT2D eigenvalue weighted by atomic mass is 35.9. The lowest BCUT2D eigenvalue weighted by atomic mass is 10.6. The first-order valence-electron chi connectivity index (χ1n) is 2.62. The molecule has 0 aromatic rings. The van der Waals surface area contributed by atoms with Gasteiger partial charge in [-0.25, -0.2) is 0 Å². The van der Waals surface area contributed by atoms with Gasteiger partial charge in [-0.05, 0) is 34.7 Å². The highest BCUT2D eigenvalue weighted by Gasteiger charge is 2.11. The summed E-state index contributed by atoms with van der Waals surface area (Å²) in [4.78, 5) is 0. The molecular weight excluding hydrogens is 198 g/mol. The first-order chi connectivity index (χ1) is 4.06. The summed E-state index contributed by atoms with van der Waals surface area (Å²) < 4.78 is 10.6. The summed E-state index contributed by atoms with van der Waals surface area (Å²) in [5.41, 5.74) is 0.379. The van der Waals surface area contributed by atoms with E-state index in [4.69, 9.17) is 22.5 Å². The van der Waals surface area contributed by atoms with E-state index in [9.17, 15) is 4.57 Å². The molecule has 0 spiro atoms. The number of hydrogen-bond acceptors (Lipinski definition) is 2. The van der Waals surface area contributed by atoms with Crippen LogP contribution in [0.5, 0.6) is 0 Å². The van der Waals surface area contributed by atoms with E-state index in [1.165, 1.54) is 11.8 Å². The number of rotatable bonds is 4. The van der Waals surface area contributed by atoms with Crippen molar-refractivity contribution < 1.29 is 4.57 Å². The van der Waals surface area contributed by atoms with Gasteiger partial charge in [-0.15, -0.1) is 0 Å². The van der Waals surface area contributed by atoms with Gasteiger partial charge in [-0.2, -0.15) is 11.8 Å². The maximum Gasteiger partial charge on any atom is 0.262 e. The second kappa shape index (κ2) is 4.90. The fourth-order valence-electron chi connectivity index (χ4n) is 0.315. The largest absolute Gasteiger partial charge is 0.288 e. The van der Waals surface area contributed by atoms with Crippen LogP contribution in [0, 0.1) is 0 Å². The van der Waals surface area contributed by atoms with E-state index in [0.29, 0.717) is 5.49 Å². The lowest BCUT2D eigenvalue weighted by molar-refractivity contribution is 0.595. The van der Waals surface area contributed by atoms with Gasteiger partial charge in [0.25, 0.3) is 5.85 Å². The van der Waals surface area contributed by atoms with Crippen LogP contribution in [0.1, 0.15) is 13.3 Å². The Morgan fingerprint density at radius 3 is 2.44 bits per heavy atom. The topological polar surface area (TPSA) is 17.1 Å². The molecule has 0 amide bonds. The first-order valence-corrected chi connectivity index (χ1v) is 7.48. The third-order valence-electron chi connectivity index (χ3n) is 0.590. The van der Waals surface area contributed by atoms with Crippen molar-refractivity contribution >= 4 is 40.1 Å². The average Bonchev–Trinajstić information content (AvgIpc) is 1.63. The number of hydrogen-bond donors (Lipinski definition) is 0. The Kier molecular flexibility index (Phi) is 5.53. The SMILES string of the molecule is CCCSCP(=O)(Cl)Cl. The fourth-order valence-corrected chi connectivity index (χ4v) is 3.21. The second-order valence-electron chi connectivity index (χ2n) is 1.61. The molecular formula is C4H9Cl2OPS. The molecule has 5 heteroatoms. The summed E-state index contributed by atoms with van der Waals surface area (Å²) in [6, 6.07) is 0. The van der Waals surface area contributed by atoms with Crippen molar-refractivity contribution in [1.29, 1.82) is 0 Å². The summed E-state index contributed by atoms with van der Waals surface area (Å²) in [6.45, 7) is 2.06. The Hall–Kier alpha value is 1.16. The van der Waals surface area contributed by atoms with Crippen molar-refractivity contribution in [3.8, 4) is 0 Å². The van der Waals surface area contributed by atoms with Crippen LogP contribution >= 0.6 is 40.1 Å². The van der Waals surface area contributed by atoms with Crippen molar-refractivity contribution in [2.75, 3.05) is 11.2 Å². The molecule has 56 valence electrons. The third-order valence-corrected chi connectivity index (χ3v) is 4.98. The number of halogens is 2. The highest BCUT2D eigenvalue weighted by molar-refractivity contribution is 8.19. The Labute approximate surface area is 69.4 Å². The summed E-state index contributed by atoms with van der Waals surface area (Å²) in [5, 5.41) is 0. The van der Waals surface area contributed by atoms with Crippen LogP contribution in [-0.2, 0) is 4.57 Å². The van der Waals surface area contributed by atoms with Gasteiger partial charge < -0.3 is 0 Å². The van der Waals surface area contributed by atoms with Crippen LogP contribution in [0.25, 0.3) is 0 Å². The normalized spacial score (nSPS) is 11.9. The van der Waals surface area contributed by atoms with Crippen LogP contribution in [0.15, 0.2) is 0 Å². The van der Waals surface area contributed by atoms with Crippen LogP contribution in [0.2, 0.25) is 0 Å². The molecule has 0 atom stereocenters. The molecule has 0 saturated carbocycles. The average molecular weight is 207 g/mol. The lowest BCUT2D eigenvalue weighted by Gasteiger charge is -1.98. The quantitative estimate of drug-likeness (QED) is 0.515. The first kappa shape index (κ1) is 10.2. The van der Waals surface area contributed by atoms with Crippen molar-refractivity contribution in [1.82, 2.24) is 0 Å². The Morgan fingerprint density at radius 2 is 2.11 bits per heavy atom. The van der Waals surface area contributed by atoms with Gasteiger partial charge in [-0.3, -0.25) is 4.57 Å². The fraction of sp³-hybridized carbons (Fsp3) is 1.00. The van der Waals surface area contributed by atoms with Gasteiger partial charge in [0.05, 0.1) is 5.49 Å². The van der Waals surface area contributed by atoms with E-state index in [1.807, 2.05) is 0 Å². The van der Waals surface area contributed by atoms with E-state index in [2.05, 4.69) is 6.92 Å². The predicted octanol–water partition coefficient (Wildman–Crippen LogP) is 3.76. The van der Waals surface area contributed by atoms with E-state index in [1.54, 1.807) is 0 Å². The smallest absolute Gasteiger partial charge is 0.262 e. The van der Waals surface area contributed by atoms with Crippen molar-refractivity contribution in [2.45, 2.75) is 13.3 Å². The molecule has 0 aromatic carbocycles. The zero-order valence-corrected chi connectivity index (χ0v) is 8.36. The summed E-state index contributed by atoms with van der Waals surface area (Å²) in [5.74, 6) is -1.81. The molecule has 0 aliphatic heterocycles. The summed E-state index contributed by atoms with van der Waals surface area (Å²) in [6.07, 6.45) is 1.07. The molecule has 0 radical (unpaired) electrons. The lowest BCUT2D eigenvalue weighted by Crippen LogP contribution is -1.74. The van der Waals surface area contributed by atoms with Crippen molar-refractivity contribution in [3.05, 3.63) is 0 Å². The molecule has 0 aromatic heterocycles. The maximum atomic E-state index is 10.6. The van der Waals surface area contributed by atoms with Gasteiger partial charge >= 0.3 is 0 Å². The van der Waals surface area contributed by atoms with E-state index >= 15 is 0 Å². The number of thioether (sulfide) groups is 1. The monoisotopic (exact) mass is 206 g/mol. The zero-order chi connectivity index (χ0) is 7.33. The zero-order valence-electron chi connectivity index (χ0n) is 5.14. The molecule has 9 heavy (non-hydrogen) atoms. The van der Waals surface area contributed by atoms with Crippen molar-refractivity contribution in [3.63, 3.8) is 0 Å². The highest BCUT2D eigenvalue weighted by Crippen LogP contribution is 2.58. The molecule has 0 saturated heterocycles. The Bertz CT molecular complexity index is 113. The molecule has 0 unspecified atom stereocenters. The van der Waals surface area contributed by atoms with Gasteiger partial charge in [0.2, 0.25) is 0 Å². The third kappa shape index (κ3) is 9.16. The molecule has 1 nitrogen and oxygen atoms in total. The van der Waals surface area contributed by atoms with E-state index in [0.717, 1.165) is 12.2 Å². The Morgan fingerprint density at radius 1 is 1.56 bits per heavy atom. The molecule has 0 rings (SSSR count). The van der Waals surface area contributed by atoms with Crippen LogP contribution in [-0.4, -0.2) is 11.2 Å². The van der Waals surface area contributed by atoms with Gasteiger partial charge in [-0.1, -0.05) is 6.92 Å². The minimum Gasteiger partial charge on any atom is -0.288 e. The molecule has 0 aliphatic carbocycles. The Balaban J connectivity index is 3.18.